The number of pyridine rings is 1. The molecule has 2 N–H and O–H groups in total. The summed E-state index contributed by atoms with van der Waals surface area (Å²) in [7, 11) is 0. The predicted octanol–water partition coefficient (Wildman–Crippen LogP) is 3.03. The Kier molecular flexibility index (Phi) is 2.86. The van der Waals surface area contributed by atoms with Crippen molar-refractivity contribution in [3.05, 3.63) is 48.0 Å². The summed E-state index contributed by atoms with van der Waals surface area (Å²) in [6, 6.07) is 7.23. The number of aryl methyl sites for hydroxylation is 1. The minimum Gasteiger partial charge on any atom is -0.399 e. The molecule has 0 spiro atoms. The molecule has 0 radical (unpaired) electrons. The van der Waals surface area contributed by atoms with Gasteiger partial charge < -0.3 is 5.73 Å². The number of nitrogens with zero attached hydrogens (tertiary/aromatic N) is 1. The zero-order valence-corrected chi connectivity index (χ0v) is 9.07. The van der Waals surface area contributed by atoms with E-state index in [4.69, 9.17) is 5.73 Å². The Bertz CT molecular complexity index is 509. The van der Waals surface area contributed by atoms with Gasteiger partial charge in [0, 0.05) is 17.4 Å². The number of halogens is 1. The normalized spacial score (nSPS) is 10.4. The number of hydrogen-bond donors (Lipinski definition) is 1. The third-order valence-corrected chi connectivity index (χ3v) is 2.61. The molecule has 3 heteroatoms. The fraction of sp³-hybridized carbons (Fsp3) is 0.154. The van der Waals surface area contributed by atoms with Gasteiger partial charge in [-0.15, -0.1) is 0 Å². The minimum atomic E-state index is -0.311. The second-order valence-corrected chi connectivity index (χ2v) is 3.62. The van der Waals surface area contributed by atoms with Crippen molar-refractivity contribution < 1.29 is 4.39 Å². The fourth-order valence-corrected chi connectivity index (χ4v) is 1.69. The SMILES string of the molecule is CCc1cc(-c2ccncc2F)ccc1N. The zero-order valence-electron chi connectivity index (χ0n) is 9.07. The highest BCUT2D eigenvalue weighted by atomic mass is 19.1. The lowest BCUT2D eigenvalue weighted by Gasteiger charge is -2.07. The van der Waals surface area contributed by atoms with Crippen LogP contribution in [-0.4, -0.2) is 4.98 Å². The van der Waals surface area contributed by atoms with Crippen LogP contribution in [0.5, 0.6) is 0 Å². The van der Waals surface area contributed by atoms with Crippen LogP contribution in [0, 0.1) is 5.82 Å². The third kappa shape index (κ3) is 1.89. The molecule has 0 aliphatic rings. The molecule has 0 saturated carbocycles. The van der Waals surface area contributed by atoms with E-state index >= 15 is 0 Å². The maximum atomic E-state index is 13.5. The molecule has 16 heavy (non-hydrogen) atoms. The van der Waals surface area contributed by atoms with E-state index in [1.807, 2.05) is 25.1 Å². The second kappa shape index (κ2) is 4.31. The Morgan fingerprint density at radius 2 is 2.12 bits per heavy atom. The van der Waals surface area contributed by atoms with Gasteiger partial charge in [-0.25, -0.2) is 4.39 Å². The zero-order chi connectivity index (χ0) is 11.5. The predicted molar refractivity (Wildman–Crippen MR) is 63.4 cm³/mol. The molecule has 0 amide bonds. The molecule has 1 heterocycles. The summed E-state index contributed by atoms with van der Waals surface area (Å²) in [6.07, 6.45) is 3.64. The number of benzene rings is 1. The average molecular weight is 216 g/mol. The van der Waals surface area contributed by atoms with Crippen LogP contribution in [-0.2, 0) is 6.42 Å². The third-order valence-electron chi connectivity index (χ3n) is 2.61. The summed E-state index contributed by atoms with van der Waals surface area (Å²) >= 11 is 0. The lowest BCUT2D eigenvalue weighted by molar-refractivity contribution is 0.625. The largest absolute Gasteiger partial charge is 0.399 e. The van der Waals surface area contributed by atoms with Gasteiger partial charge >= 0.3 is 0 Å². The van der Waals surface area contributed by atoms with E-state index < -0.39 is 0 Å². The van der Waals surface area contributed by atoms with Crippen molar-refractivity contribution in [1.29, 1.82) is 0 Å². The lowest BCUT2D eigenvalue weighted by Crippen LogP contribution is -1.94. The average Bonchev–Trinajstić information content (AvgIpc) is 2.31. The van der Waals surface area contributed by atoms with Gasteiger partial charge in [-0.1, -0.05) is 13.0 Å². The highest BCUT2D eigenvalue weighted by molar-refractivity contribution is 5.67. The molecule has 1 aromatic carbocycles. The van der Waals surface area contributed by atoms with Gasteiger partial charge in [0.2, 0.25) is 0 Å². The Balaban J connectivity index is 2.53. The van der Waals surface area contributed by atoms with Crippen LogP contribution >= 0.6 is 0 Å². The minimum absolute atomic E-state index is 0.311. The monoisotopic (exact) mass is 216 g/mol. The van der Waals surface area contributed by atoms with Gasteiger partial charge in [0.15, 0.2) is 0 Å². The van der Waals surface area contributed by atoms with E-state index in [0.717, 1.165) is 23.2 Å². The van der Waals surface area contributed by atoms with Gasteiger partial charge in [0.05, 0.1) is 6.20 Å². The molecule has 0 bridgehead atoms. The van der Waals surface area contributed by atoms with Crippen LogP contribution < -0.4 is 5.73 Å². The Labute approximate surface area is 93.9 Å². The van der Waals surface area contributed by atoms with Crippen molar-refractivity contribution >= 4 is 5.69 Å². The first-order valence-corrected chi connectivity index (χ1v) is 5.20. The molecule has 82 valence electrons. The van der Waals surface area contributed by atoms with Crippen LogP contribution in [0.15, 0.2) is 36.7 Å². The lowest BCUT2D eigenvalue weighted by atomic mass is 10.0. The Hall–Kier alpha value is -1.90. The van der Waals surface area contributed by atoms with E-state index in [2.05, 4.69) is 4.98 Å². The standard InChI is InChI=1S/C13H13FN2/c1-2-9-7-10(3-4-13(9)15)11-5-6-16-8-12(11)14/h3-8H,2,15H2,1H3. The molecule has 2 rings (SSSR count). The van der Waals surface area contributed by atoms with Crippen LogP contribution in [0.4, 0.5) is 10.1 Å². The molecule has 0 aliphatic heterocycles. The molecule has 0 unspecified atom stereocenters. The summed E-state index contributed by atoms with van der Waals surface area (Å²) in [6.45, 7) is 2.03. The molecule has 0 aliphatic carbocycles. The molecular formula is C13H13FN2. The number of nitrogens with two attached hydrogens (primary N) is 1. The highest BCUT2D eigenvalue weighted by Gasteiger charge is 2.06. The van der Waals surface area contributed by atoms with Gasteiger partial charge in [-0.3, -0.25) is 4.98 Å². The van der Waals surface area contributed by atoms with Crippen molar-refractivity contribution in [3.63, 3.8) is 0 Å². The van der Waals surface area contributed by atoms with Crippen molar-refractivity contribution in [1.82, 2.24) is 4.98 Å². The first kappa shape index (κ1) is 10.6. The number of rotatable bonds is 2. The number of nitrogen functional groups attached to an aromatic ring is 1. The van der Waals surface area contributed by atoms with Gasteiger partial charge in [0.1, 0.15) is 5.82 Å². The first-order chi connectivity index (χ1) is 7.72. The quantitative estimate of drug-likeness (QED) is 0.784. The van der Waals surface area contributed by atoms with E-state index in [9.17, 15) is 4.39 Å². The van der Waals surface area contributed by atoms with Gasteiger partial charge in [-0.2, -0.15) is 0 Å². The van der Waals surface area contributed by atoms with Crippen molar-refractivity contribution in [3.8, 4) is 11.1 Å². The van der Waals surface area contributed by atoms with E-state index in [-0.39, 0.29) is 5.82 Å². The molecule has 2 aromatic rings. The topological polar surface area (TPSA) is 38.9 Å². The first-order valence-electron chi connectivity index (χ1n) is 5.20. The molecule has 1 aromatic heterocycles. The smallest absolute Gasteiger partial charge is 0.149 e. The van der Waals surface area contributed by atoms with Crippen molar-refractivity contribution in [2.24, 2.45) is 0 Å². The molecular weight excluding hydrogens is 203 g/mol. The molecule has 0 fully saturated rings. The van der Waals surface area contributed by atoms with Crippen LogP contribution in [0.2, 0.25) is 0 Å². The van der Waals surface area contributed by atoms with E-state index in [0.29, 0.717) is 5.56 Å². The van der Waals surface area contributed by atoms with Crippen LogP contribution in [0.25, 0.3) is 11.1 Å². The Morgan fingerprint density at radius 3 is 2.81 bits per heavy atom. The van der Waals surface area contributed by atoms with Crippen LogP contribution in [0.3, 0.4) is 0 Å². The van der Waals surface area contributed by atoms with Crippen molar-refractivity contribution in [2.75, 3.05) is 5.73 Å². The Morgan fingerprint density at radius 1 is 1.31 bits per heavy atom. The highest BCUT2D eigenvalue weighted by Crippen LogP contribution is 2.25. The summed E-state index contributed by atoms with van der Waals surface area (Å²) < 4.78 is 13.5. The van der Waals surface area contributed by atoms with E-state index in [1.165, 1.54) is 6.20 Å². The summed E-state index contributed by atoms with van der Waals surface area (Å²) in [5, 5.41) is 0. The maximum absolute atomic E-state index is 13.5. The van der Waals surface area contributed by atoms with E-state index in [1.54, 1.807) is 12.3 Å². The number of hydrogen-bond acceptors (Lipinski definition) is 2. The molecule has 0 saturated heterocycles. The fourth-order valence-electron chi connectivity index (χ4n) is 1.69. The van der Waals surface area contributed by atoms with Crippen molar-refractivity contribution in [2.45, 2.75) is 13.3 Å². The number of aromatic nitrogens is 1. The summed E-state index contributed by atoms with van der Waals surface area (Å²) in [5.41, 5.74) is 9.00. The van der Waals surface area contributed by atoms with Gasteiger partial charge in [0.25, 0.3) is 0 Å². The molecule has 0 atom stereocenters. The number of anilines is 1. The summed E-state index contributed by atoms with van der Waals surface area (Å²) in [5.74, 6) is -0.311. The van der Waals surface area contributed by atoms with Crippen LogP contribution in [0.1, 0.15) is 12.5 Å². The maximum Gasteiger partial charge on any atom is 0.149 e. The van der Waals surface area contributed by atoms with Gasteiger partial charge in [-0.05, 0) is 35.7 Å². The molecule has 2 nitrogen and oxygen atoms in total. The summed E-state index contributed by atoms with van der Waals surface area (Å²) in [4.78, 5) is 3.73. The second-order valence-electron chi connectivity index (χ2n) is 3.62.